The molecule has 1 aromatic rings. The lowest BCUT2D eigenvalue weighted by atomic mass is 9.88. The maximum absolute atomic E-state index is 5.58. The Labute approximate surface area is 194 Å². The molecule has 1 fully saturated rings. The van der Waals surface area contributed by atoms with Crippen LogP contribution in [-0.2, 0) is 6.54 Å². The summed E-state index contributed by atoms with van der Waals surface area (Å²) in [6.07, 6.45) is 13.4. The largest absolute Gasteiger partial charge is 0.454 e. The average Bonchev–Trinajstić information content (AvgIpc) is 3.26. The molecule has 2 aliphatic rings. The third kappa shape index (κ3) is 7.40. The minimum absolute atomic E-state index is 0.315. The van der Waals surface area contributed by atoms with Crippen LogP contribution in [0.4, 0.5) is 0 Å². The molecule has 0 saturated carbocycles. The number of allylic oxidation sites excluding steroid dienone is 2. The molecule has 32 heavy (non-hydrogen) atoms. The smallest absolute Gasteiger partial charge is 0.231 e. The molecule has 176 valence electrons. The molecule has 1 unspecified atom stereocenters. The van der Waals surface area contributed by atoms with E-state index in [-0.39, 0.29) is 0 Å². The lowest BCUT2D eigenvalue weighted by Crippen LogP contribution is -2.33. The van der Waals surface area contributed by atoms with E-state index in [1.54, 1.807) is 0 Å². The second-order valence-corrected chi connectivity index (χ2v) is 9.45. The molecular weight excluding hydrogens is 398 g/mol. The number of nitrogens with one attached hydrogen (secondary N) is 1. The number of likely N-dealkylation sites (tertiary alicyclic amines) is 1. The number of fused-ring (bicyclic) bond motifs is 1. The molecule has 0 aliphatic carbocycles. The molecular formula is C27H41N3O2. The van der Waals surface area contributed by atoms with Gasteiger partial charge in [-0.25, -0.2) is 4.99 Å². The number of hydrogen-bond acceptors (Lipinski definition) is 5. The number of nitrogens with zero attached hydrogens (tertiary/aromatic N) is 2. The van der Waals surface area contributed by atoms with Crippen molar-refractivity contribution in [3.63, 3.8) is 0 Å². The summed E-state index contributed by atoms with van der Waals surface area (Å²) in [6.45, 7) is 13.3. The van der Waals surface area contributed by atoms with Gasteiger partial charge in [0.25, 0.3) is 0 Å². The van der Waals surface area contributed by atoms with Crippen LogP contribution in [0.1, 0.15) is 58.9 Å². The highest BCUT2D eigenvalue weighted by molar-refractivity contribution is 5.72. The van der Waals surface area contributed by atoms with Gasteiger partial charge in [0.05, 0.1) is 0 Å². The summed E-state index contributed by atoms with van der Waals surface area (Å²) in [5, 5.41) is 3.52. The van der Waals surface area contributed by atoms with E-state index in [9.17, 15) is 0 Å². The van der Waals surface area contributed by atoms with E-state index in [4.69, 9.17) is 14.5 Å². The minimum Gasteiger partial charge on any atom is -0.454 e. The SMILES string of the molecule is CC\C=C(/N=C\C=C\C(C)CNCc1cccc2c1OCO2)N1CCC(CC(C)C)CC1. The van der Waals surface area contributed by atoms with Crippen LogP contribution in [0.25, 0.3) is 0 Å². The van der Waals surface area contributed by atoms with E-state index in [0.29, 0.717) is 12.7 Å². The van der Waals surface area contributed by atoms with E-state index >= 15 is 0 Å². The molecule has 0 aromatic heterocycles. The molecule has 1 atom stereocenters. The van der Waals surface area contributed by atoms with Crippen LogP contribution in [0.2, 0.25) is 0 Å². The van der Waals surface area contributed by atoms with E-state index < -0.39 is 0 Å². The topological polar surface area (TPSA) is 46.1 Å². The lowest BCUT2D eigenvalue weighted by Gasteiger charge is -2.34. The monoisotopic (exact) mass is 439 g/mol. The van der Waals surface area contributed by atoms with Gasteiger partial charge in [-0.15, -0.1) is 0 Å². The third-order valence-electron chi connectivity index (χ3n) is 6.12. The summed E-state index contributed by atoms with van der Waals surface area (Å²) >= 11 is 0. The number of para-hydroxylation sites is 1. The van der Waals surface area contributed by atoms with Crippen molar-refractivity contribution in [2.45, 2.75) is 59.9 Å². The minimum atomic E-state index is 0.315. The van der Waals surface area contributed by atoms with Crippen LogP contribution in [0.5, 0.6) is 11.5 Å². The Bertz CT molecular complexity index is 792. The number of piperidine rings is 1. The number of rotatable bonds is 11. The molecule has 1 aromatic carbocycles. The maximum Gasteiger partial charge on any atom is 0.231 e. The van der Waals surface area contributed by atoms with E-state index in [1.807, 2.05) is 18.3 Å². The molecule has 2 aliphatic heterocycles. The van der Waals surface area contributed by atoms with Gasteiger partial charge in [0.1, 0.15) is 5.82 Å². The van der Waals surface area contributed by atoms with Gasteiger partial charge in [-0.3, -0.25) is 0 Å². The zero-order valence-electron chi connectivity index (χ0n) is 20.3. The average molecular weight is 440 g/mol. The third-order valence-corrected chi connectivity index (χ3v) is 6.12. The van der Waals surface area contributed by atoms with Crippen LogP contribution in [-0.4, -0.2) is 37.5 Å². The Hall–Kier alpha value is -2.27. The first-order valence-electron chi connectivity index (χ1n) is 12.3. The first-order valence-corrected chi connectivity index (χ1v) is 12.3. The quantitative estimate of drug-likeness (QED) is 0.444. The molecule has 0 radical (unpaired) electrons. The molecule has 1 N–H and O–H groups in total. The Morgan fingerprint density at radius 1 is 1.22 bits per heavy atom. The maximum atomic E-state index is 5.58. The van der Waals surface area contributed by atoms with Crippen LogP contribution >= 0.6 is 0 Å². The van der Waals surface area contributed by atoms with Crippen molar-refractivity contribution >= 4 is 6.21 Å². The van der Waals surface area contributed by atoms with Gasteiger partial charge < -0.3 is 19.7 Å². The van der Waals surface area contributed by atoms with Crippen molar-refractivity contribution in [2.24, 2.45) is 22.7 Å². The molecule has 0 spiro atoms. The normalized spacial score (nSPS) is 18.4. The molecule has 0 bridgehead atoms. The van der Waals surface area contributed by atoms with Crippen molar-refractivity contribution in [2.75, 3.05) is 26.4 Å². The fourth-order valence-corrected chi connectivity index (χ4v) is 4.50. The van der Waals surface area contributed by atoms with Crippen LogP contribution < -0.4 is 14.8 Å². The van der Waals surface area contributed by atoms with Crippen molar-refractivity contribution in [3.05, 3.63) is 47.8 Å². The molecule has 2 heterocycles. The molecule has 5 nitrogen and oxygen atoms in total. The van der Waals surface area contributed by atoms with Crippen LogP contribution in [0, 0.1) is 17.8 Å². The van der Waals surface area contributed by atoms with E-state index in [2.05, 4.69) is 62.2 Å². The Balaban J connectivity index is 1.41. The fourth-order valence-electron chi connectivity index (χ4n) is 4.50. The summed E-state index contributed by atoms with van der Waals surface area (Å²) in [7, 11) is 0. The fraction of sp³-hybridized carbons (Fsp3) is 0.593. The Morgan fingerprint density at radius 2 is 2.03 bits per heavy atom. The van der Waals surface area contributed by atoms with Gasteiger partial charge >= 0.3 is 0 Å². The first kappa shape index (κ1) is 24.4. The summed E-state index contributed by atoms with van der Waals surface area (Å²) in [5.74, 6) is 4.94. The van der Waals surface area contributed by atoms with Crippen molar-refractivity contribution in [1.29, 1.82) is 0 Å². The van der Waals surface area contributed by atoms with Crippen molar-refractivity contribution < 1.29 is 9.47 Å². The number of aliphatic imine (C=N–C) groups is 1. The summed E-state index contributed by atoms with van der Waals surface area (Å²) in [4.78, 5) is 7.24. The first-order chi connectivity index (χ1) is 15.6. The Kier molecular flexibility index (Phi) is 9.66. The zero-order chi connectivity index (χ0) is 22.8. The highest BCUT2D eigenvalue weighted by Gasteiger charge is 2.21. The van der Waals surface area contributed by atoms with Gasteiger partial charge in [-0.05, 0) is 61.7 Å². The van der Waals surface area contributed by atoms with Crippen molar-refractivity contribution in [3.8, 4) is 11.5 Å². The van der Waals surface area contributed by atoms with Gasteiger partial charge in [0.2, 0.25) is 6.79 Å². The summed E-state index contributed by atoms with van der Waals surface area (Å²) < 4.78 is 11.0. The molecule has 3 rings (SSSR count). The summed E-state index contributed by atoms with van der Waals surface area (Å²) in [5.41, 5.74) is 1.14. The molecule has 1 saturated heterocycles. The predicted molar refractivity (Wildman–Crippen MR) is 133 cm³/mol. The molecule has 5 heteroatoms. The van der Waals surface area contributed by atoms with E-state index in [0.717, 1.165) is 67.3 Å². The number of benzene rings is 1. The van der Waals surface area contributed by atoms with Gasteiger partial charge in [0, 0.05) is 38.0 Å². The van der Waals surface area contributed by atoms with Gasteiger partial charge in [-0.1, -0.05) is 45.9 Å². The Morgan fingerprint density at radius 3 is 2.78 bits per heavy atom. The highest BCUT2D eigenvalue weighted by Crippen LogP contribution is 2.35. The predicted octanol–water partition coefficient (Wildman–Crippen LogP) is 5.78. The van der Waals surface area contributed by atoms with E-state index in [1.165, 1.54) is 19.3 Å². The second kappa shape index (κ2) is 12.7. The summed E-state index contributed by atoms with van der Waals surface area (Å²) in [6, 6.07) is 6.05. The highest BCUT2D eigenvalue weighted by atomic mass is 16.7. The van der Waals surface area contributed by atoms with Gasteiger partial charge in [-0.2, -0.15) is 0 Å². The van der Waals surface area contributed by atoms with Crippen LogP contribution in [0.15, 0.2) is 47.2 Å². The molecule has 0 amide bonds. The van der Waals surface area contributed by atoms with Crippen LogP contribution in [0.3, 0.4) is 0 Å². The van der Waals surface area contributed by atoms with Crippen molar-refractivity contribution in [1.82, 2.24) is 10.2 Å². The second-order valence-electron chi connectivity index (χ2n) is 9.45. The standard InChI is InChI=1S/C27H41N3O2/c1-5-8-26(30-15-12-23(13-16-30)17-21(2)3)29-14-7-9-22(4)18-28-19-24-10-6-11-25-27(24)32-20-31-25/h6-11,14,21-23,28H,5,12-13,15-20H2,1-4H3/b9-7+,26-8+,29-14-. The number of ether oxygens (including phenoxy) is 2. The lowest BCUT2D eigenvalue weighted by molar-refractivity contribution is 0.173. The number of hydrogen-bond donors (Lipinski definition) is 1. The van der Waals surface area contributed by atoms with Gasteiger partial charge in [0.15, 0.2) is 11.5 Å². The zero-order valence-corrected chi connectivity index (χ0v) is 20.3.